The predicted octanol–water partition coefficient (Wildman–Crippen LogP) is 3.63. The summed E-state index contributed by atoms with van der Waals surface area (Å²) in [6, 6.07) is 4.17. The van der Waals surface area contributed by atoms with Gasteiger partial charge < -0.3 is 24.5 Å². The van der Waals surface area contributed by atoms with Gasteiger partial charge in [0.15, 0.2) is 22.5 Å². The Balaban J connectivity index is 1.60. The van der Waals surface area contributed by atoms with Gasteiger partial charge in [0.2, 0.25) is 0 Å². The first-order chi connectivity index (χ1) is 14.2. The summed E-state index contributed by atoms with van der Waals surface area (Å²) in [7, 11) is 0. The number of halogens is 2. The van der Waals surface area contributed by atoms with Gasteiger partial charge in [0.1, 0.15) is 5.01 Å². The Hall–Kier alpha value is -2.30. The number of thiazole rings is 1. The first-order valence-corrected chi connectivity index (χ1v) is 10.7. The Bertz CT molecular complexity index is 1050. The van der Waals surface area contributed by atoms with Gasteiger partial charge in [-0.2, -0.15) is 13.8 Å². The molecule has 2 atom stereocenters. The molecule has 0 aliphatic carbocycles. The minimum absolute atomic E-state index is 0.148. The van der Waals surface area contributed by atoms with Gasteiger partial charge in [0.25, 0.3) is 6.01 Å². The van der Waals surface area contributed by atoms with Crippen LogP contribution in [-0.2, 0) is 0 Å². The van der Waals surface area contributed by atoms with Gasteiger partial charge >= 0.3 is 6.11 Å². The Morgan fingerprint density at radius 3 is 2.63 bits per heavy atom. The molecule has 2 saturated heterocycles. The first-order valence-electron chi connectivity index (χ1n) is 9.85. The van der Waals surface area contributed by atoms with Gasteiger partial charge in [-0.05, 0) is 38.8 Å². The van der Waals surface area contributed by atoms with Crippen molar-refractivity contribution in [2.24, 2.45) is 0 Å². The molecule has 0 radical (unpaired) electrons. The molecule has 0 saturated carbocycles. The largest absolute Gasteiger partial charge is 0.428 e. The monoisotopic (exact) mass is 436 g/mol. The number of nitrogens with zero attached hydrogens (tertiary/aromatic N) is 3. The summed E-state index contributed by atoms with van der Waals surface area (Å²) in [5.74, 6) is -0.148. The lowest BCUT2D eigenvalue weighted by Crippen LogP contribution is -2.51. The summed E-state index contributed by atoms with van der Waals surface area (Å²) < 4.78 is 39.9. The van der Waals surface area contributed by atoms with Crippen molar-refractivity contribution in [1.82, 2.24) is 15.3 Å². The van der Waals surface area contributed by atoms with Crippen molar-refractivity contribution in [3.05, 3.63) is 23.7 Å². The van der Waals surface area contributed by atoms with Crippen LogP contribution in [0.15, 0.2) is 28.1 Å². The summed E-state index contributed by atoms with van der Waals surface area (Å²) in [5.41, 5.74) is -1.17. The number of rotatable bonds is 5. The normalized spacial score (nSPS) is 22.1. The molecule has 30 heavy (non-hydrogen) atoms. The molecule has 2 aromatic heterocycles. The molecule has 2 unspecified atom stereocenters. The highest BCUT2D eigenvalue weighted by atomic mass is 32.1. The maximum atomic E-state index is 14.4. The second-order valence-corrected chi connectivity index (χ2v) is 9.24. The molecule has 2 bridgehead atoms. The smallest absolute Gasteiger partial charge is 0.426 e. The lowest BCUT2D eigenvalue weighted by Gasteiger charge is -2.31. The topological polar surface area (TPSA) is 83.7 Å². The number of hydrogen-bond acceptors (Lipinski definition) is 8. The molecule has 2 fully saturated rings. The van der Waals surface area contributed by atoms with Gasteiger partial charge in [-0.1, -0.05) is 0 Å². The summed E-state index contributed by atoms with van der Waals surface area (Å²) >= 11 is 1.42. The van der Waals surface area contributed by atoms with Gasteiger partial charge in [-0.25, -0.2) is 4.98 Å². The molecule has 0 spiro atoms. The lowest BCUT2D eigenvalue weighted by atomic mass is 10.1. The standard InChI is InChI=1S/C20H22F2N4O3S/c1-19(2,27)20(21,22)29-14-6-5-13(17-23-7-8-30-17)16-15(14)25-18(28-16)26-9-11-3-4-12(10-26)24-11/h5-8,11-12,24,27H,3-4,9-10H2,1-2H3. The molecule has 160 valence electrons. The number of hydrogen-bond donors (Lipinski definition) is 2. The Morgan fingerprint density at radius 2 is 2.00 bits per heavy atom. The van der Waals surface area contributed by atoms with E-state index in [1.54, 1.807) is 12.3 Å². The first kappa shape index (κ1) is 19.7. The zero-order chi connectivity index (χ0) is 21.1. The summed E-state index contributed by atoms with van der Waals surface area (Å²) in [6.45, 7) is 3.48. The van der Waals surface area contributed by atoms with Crippen LogP contribution < -0.4 is 15.0 Å². The fourth-order valence-electron chi connectivity index (χ4n) is 3.93. The highest BCUT2D eigenvalue weighted by molar-refractivity contribution is 7.13. The number of nitrogens with one attached hydrogen (secondary N) is 1. The zero-order valence-electron chi connectivity index (χ0n) is 16.6. The quantitative estimate of drug-likeness (QED) is 0.632. The van der Waals surface area contributed by atoms with Crippen molar-refractivity contribution in [2.75, 3.05) is 18.0 Å². The number of fused-ring (bicyclic) bond motifs is 3. The molecule has 4 heterocycles. The van der Waals surface area contributed by atoms with Gasteiger partial charge in [-0.15, -0.1) is 11.3 Å². The second kappa shape index (κ2) is 6.86. The molecule has 2 aliphatic heterocycles. The number of piperazine rings is 1. The molecule has 3 aromatic rings. The van der Waals surface area contributed by atoms with Crippen molar-refractivity contribution in [2.45, 2.75) is 50.5 Å². The molecule has 2 aliphatic rings. The van der Waals surface area contributed by atoms with Crippen LogP contribution in [0.5, 0.6) is 5.75 Å². The van der Waals surface area contributed by atoms with Crippen molar-refractivity contribution >= 4 is 28.5 Å². The third kappa shape index (κ3) is 3.32. The number of aliphatic hydroxyl groups is 1. The Kier molecular flexibility index (Phi) is 4.49. The third-order valence-corrected chi connectivity index (χ3v) is 6.40. The highest BCUT2D eigenvalue weighted by Gasteiger charge is 2.49. The van der Waals surface area contributed by atoms with E-state index in [2.05, 4.69) is 15.3 Å². The van der Waals surface area contributed by atoms with Gasteiger partial charge in [-0.3, -0.25) is 0 Å². The minimum Gasteiger partial charge on any atom is -0.428 e. The zero-order valence-corrected chi connectivity index (χ0v) is 17.4. The average molecular weight is 436 g/mol. The summed E-state index contributed by atoms with van der Waals surface area (Å²) in [5, 5.41) is 15.9. The fourth-order valence-corrected chi connectivity index (χ4v) is 4.59. The van der Waals surface area contributed by atoms with E-state index in [1.807, 2.05) is 10.3 Å². The second-order valence-electron chi connectivity index (χ2n) is 8.34. The van der Waals surface area contributed by atoms with Crippen LogP contribution in [0.2, 0.25) is 0 Å². The van der Waals surface area contributed by atoms with E-state index in [0.29, 0.717) is 34.3 Å². The molecule has 0 amide bonds. The van der Waals surface area contributed by atoms with E-state index in [9.17, 15) is 13.9 Å². The van der Waals surface area contributed by atoms with E-state index in [-0.39, 0.29) is 11.3 Å². The van der Waals surface area contributed by atoms with Crippen LogP contribution >= 0.6 is 11.3 Å². The number of aromatic nitrogens is 2. The fraction of sp³-hybridized carbons (Fsp3) is 0.500. The number of benzene rings is 1. The SMILES string of the molecule is CC(C)(O)C(F)(F)Oc1ccc(-c2nccs2)c2oc(N3CC4CCC(C3)N4)nc12. The van der Waals surface area contributed by atoms with E-state index < -0.39 is 11.7 Å². The molecule has 7 nitrogen and oxygen atoms in total. The minimum atomic E-state index is -3.81. The summed E-state index contributed by atoms with van der Waals surface area (Å²) in [4.78, 5) is 10.9. The molecular formula is C20H22F2N4O3S. The van der Waals surface area contributed by atoms with Crippen LogP contribution in [0.3, 0.4) is 0 Å². The number of alkyl halides is 2. The van der Waals surface area contributed by atoms with E-state index in [1.165, 1.54) is 17.4 Å². The Labute approximate surface area is 175 Å². The van der Waals surface area contributed by atoms with Gasteiger partial charge in [0.05, 0.1) is 5.56 Å². The van der Waals surface area contributed by atoms with Crippen LogP contribution in [0, 0.1) is 0 Å². The maximum Gasteiger partial charge on any atom is 0.426 e. The maximum absolute atomic E-state index is 14.4. The van der Waals surface area contributed by atoms with Crippen molar-refractivity contribution in [3.8, 4) is 16.3 Å². The molecule has 1 aromatic carbocycles. The van der Waals surface area contributed by atoms with Crippen LogP contribution in [0.1, 0.15) is 26.7 Å². The van der Waals surface area contributed by atoms with Crippen molar-refractivity contribution in [1.29, 1.82) is 0 Å². The predicted molar refractivity (Wildman–Crippen MR) is 109 cm³/mol. The van der Waals surface area contributed by atoms with E-state index in [0.717, 1.165) is 39.8 Å². The Morgan fingerprint density at radius 1 is 1.27 bits per heavy atom. The van der Waals surface area contributed by atoms with Crippen LogP contribution in [0.25, 0.3) is 21.7 Å². The summed E-state index contributed by atoms with van der Waals surface area (Å²) in [6.07, 6.45) is 0.0513. The lowest BCUT2D eigenvalue weighted by molar-refractivity contribution is -0.275. The average Bonchev–Trinajstić information content (AvgIpc) is 3.41. The molecular weight excluding hydrogens is 414 g/mol. The number of oxazole rings is 1. The third-order valence-electron chi connectivity index (χ3n) is 5.60. The molecule has 10 heteroatoms. The van der Waals surface area contributed by atoms with Crippen LogP contribution in [-0.4, -0.2) is 52.0 Å². The highest BCUT2D eigenvalue weighted by Crippen LogP contribution is 2.41. The number of anilines is 1. The molecule has 2 N–H and O–H groups in total. The van der Waals surface area contributed by atoms with E-state index >= 15 is 0 Å². The van der Waals surface area contributed by atoms with Crippen molar-refractivity contribution < 1.29 is 23.0 Å². The van der Waals surface area contributed by atoms with Crippen molar-refractivity contribution in [3.63, 3.8) is 0 Å². The number of ether oxygens (including phenoxy) is 1. The molecule has 5 rings (SSSR count). The van der Waals surface area contributed by atoms with Crippen LogP contribution in [0.4, 0.5) is 14.8 Å². The van der Waals surface area contributed by atoms with Gasteiger partial charge in [0, 0.05) is 36.8 Å². The van der Waals surface area contributed by atoms with E-state index in [4.69, 9.17) is 9.15 Å².